The molecule has 4 bridgehead atoms. The molecule has 2 aromatic heterocycles. The summed E-state index contributed by atoms with van der Waals surface area (Å²) in [5.74, 6) is -0.111. The molecule has 230 valence electrons. The summed E-state index contributed by atoms with van der Waals surface area (Å²) in [5.41, 5.74) is 2.00. The van der Waals surface area contributed by atoms with Crippen LogP contribution in [0, 0.1) is 17.8 Å². The number of hydrogen-bond acceptors (Lipinski definition) is 5. The maximum Gasteiger partial charge on any atom is 0.430 e. The van der Waals surface area contributed by atoms with E-state index in [1.165, 1.54) is 24.2 Å². The van der Waals surface area contributed by atoms with Crippen molar-refractivity contribution in [3.63, 3.8) is 0 Å². The van der Waals surface area contributed by atoms with Gasteiger partial charge in [0.05, 0.1) is 18.6 Å². The molecule has 4 saturated carbocycles. The van der Waals surface area contributed by atoms with Crippen LogP contribution in [0.5, 0.6) is 0 Å². The summed E-state index contributed by atoms with van der Waals surface area (Å²) in [6, 6.07) is 6.29. The molecule has 7 rings (SSSR count). The van der Waals surface area contributed by atoms with Gasteiger partial charge in [-0.05, 0) is 68.4 Å². The highest BCUT2D eigenvalue weighted by Gasteiger charge is 2.51. The van der Waals surface area contributed by atoms with Crippen molar-refractivity contribution in [2.24, 2.45) is 17.8 Å². The van der Waals surface area contributed by atoms with Crippen molar-refractivity contribution >= 4 is 23.4 Å². The van der Waals surface area contributed by atoms with Crippen molar-refractivity contribution < 1.29 is 37.6 Å². The number of urea groups is 1. The number of likely N-dealkylation sites (tertiary alicyclic amines) is 1. The molecule has 1 saturated heterocycles. The van der Waals surface area contributed by atoms with E-state index in [4.69, 9.17) is 14.9 Å². The van der Waals surface area contributed by atoms with E-state index in [9.17, 15) is 22.8 Å². The number of carboxylic acid groups (broad SMARTS) is 1. The van der Waals surface area contributed by atoms with Crippen LogP contribution in [-0.2, 0) is 11.3 Å². The van der Waals surface area contributed by atoms with E-state index < -0.39 is 12.1 Å². The van der Waals surface area contributed by atoms with Crippen molar-refractivity contribution in [3.05, 3.63) is 35.9 Å². The molecular formula is C29H39F3N6O4. The van der Waals surface area contributed by atoms with Crippen LogP contribution in [0.1, 0.15) is 67.7 Å². The Labute approximate surface area is 242 Å². The second kappa shape index (κ2) is 11.7. The van der Waals surface area contributed by atoms with Crippen LogP contribution in [0.4, 0.5) is 18.0 Å². The molecule has 0 atom stereocenters. The summed E-state index contributed by atoms with van der Waals surface area (Å²) in [7, 11) is 3.55. The average Bonchev–Trinajstić information content (AvgIpc) is 3.27. The fourth-order valence-corrected chi connectivity index (χ4v) is 7.84. The SMILES string of the molecule is CN(C)C(=O)NC1CC[NH+](Cc2nc(C(=O)NC34CC5CC(CC(C5)C3)C4)n3ccccc23)CC1.O=C([O-])C(F)(F)F. The Morgan fingerprint density at radius 1 is 1.07 bits per heavy atom. The number of nitrogens with zero attached hydrogens (tertiary/aromatic N) is 3. The van der Waals surface area contributed by atoms with E-state index in [0.29, 0.717) is 5.82 Å². The largest absolute Gasteiger partial charge is 0.542 e. The molecule has 3 amide bonds. The normalized spacial score (nSPS) is 29.9. The number of fused-ring (bicyclic) bond motifs is 1. The van der Waals surface area contributed by atoms with E-state index in [1.54, 1.807) is 19.0 Å². The number of alkyl halides is 3. The Balaban J connectivity index is 0.000000451. The third-order valence-electron chi connectivity index (χ3n) is 9.32. The number of nitrogens with one attached hydrogen (secondary N) is 3. The number of aliphatic carboxylic acids is 1. The zero-order chi connectivity index (χ0) is 30.2. The van der Waals surface area contributed by atoms with Crippen molar-refractivity contribution in [2.75, 3.05) is 27.2 Å². The molecule has 3 N–H and O–H groups in total. The van der Waals surface area contributed by atoms with Gasteiger partial charge in [0.15, 0.2) is 0 Å². The van der Waals surface area contributed by atoms with E-state index in [0.717, 1.165) is 80.7 Å². The van der Waals surface area contributed by atoms with Gasteiger partial charge in [0.25, 0.3) is 5.91 Å². The topological polar surface area (TPSA) is 123 Å². The van der Waals surface area contributed by atoms with Gasteiger partial charge in [0.2, 0.25) is 5.82 Å². The van der Waals surface area contributed by atoms with Gasteiger partial charge in [0, 0.05) is 44.7 Å². The van der Waals surface area contributed by atoms with Crippen LogP contribution >= 0.6 is 0 Å². The first-order chi connectivity index (χ1) is 19.8. The molecule has 2 aromatic rings. The monoisotopic (exact) mass is 592 g/mol. The summed E-state index contributed by atoms with van der Waals surface area (Å²) < 4.78 is 33.5. The highest BCUT2D eigenvalue weighted by atomic mass is 19.4. The van der Waals surface area contributed by atoms with Crippen LogP contribution in [0.2, 0.25) is 0 Å². The third kappa shape index (κ3) is 6.66. The summed E-state index contributed by atoms with van der Waals surface area (Å²) in [5, 5.41) is 15.4. The van der Waals surface area contributed by atoms with E-state index >= 15 is 0 Å². The lowest BCUT2D eigenvalue weighted by atomic mass is 9.53. The summed E-state index contributed by atoms with van der Waals surface area (Å²) >= 11 is 0. The number of piperidine rings is 1. The highest BCUT2D eigenvalue weighted by molar-refractivity contribution is 5.92. The van der Waals surface area contributed by atoms with Crippen LogP contribution in [0.15, 0.2) is 24.4 Å². The van der Waals surface area contributed by atoms with Gasteiger partial charge in [-0.2, -0.15) is 13.2 Å². The number of pyridine rings is 1. The number of hydrogen-bond donors (Lipinski definition) is 3. The minimum atomic E-state index is -5.19. The van der Waals surface area contributed by atoms with E-state index in [-0.39, 0.29) is 23.5 Å². The highest BCUT2D eigenvalue weighted by Crippen LogP contribution is 2.55. The maximum atomic E-state index is 13.6. The number of quaternary nitrogens is 1. The number of halogens is 3. The molecule has 5 fully saturated rings. The fraction of sp³-hybridized carbons (Fsp3) is 0.655. The second-order valence-electron chi connectivity index (χ2n) is 12.8. The lowest BCUT2D eigenvalue weighted by Gasteiger charge is -2.56. The standard InChI is InChI=1S/C27H38N6O2.C2HF3O2/c1-31(2)26(35)28-21-6-9-32(10-7-21)17-22-23-5-3-4-8-33(23)24(29-22)25(34)30-27-14-18-11-19(15-27)13-20(12-18)16-27;3-2(4,5)1(6)7/h3-5,8,18-21H,6-7,9-17H2,1-2H3,(H,28,35)(H,30,34);(H,6,7). The quantitative estimate of drug-likeness (QED) is 0.481. The van der Waals surface area contributed by atoms with Gasteiger partial charge in [-0.15, -0.1) is 0 Å². The molecular weight excluding hydrogens is 553 g/mol. The number of imidazole rings is 1. The van der Waals surface area contributed by atoms with Gasteiger partial charge < -0.3 is 30.3 Å². The molecule has 4 aliphatic carbocycles. The predicted octanol–water partition coefficient (Wildman–Crippen LogP) is 1.15. The first-order valence-corrected chi connectivity index (χ1v) is 14.7. The molecule has 1 aliphatic heterocycles. The number of carbonyl (C=O) groups excluding carboxylic acids is 3. The van der Waals surface area contributed by atoms with Crippen LogP contribution < -0.4 is 20.6 Å². The molecule has 10 nitrogen and oxygen atoms in total. The molecule has 0 spiro atoms. The predicted molar refractivity (Wildman–Crippen MR) is 144 cm³/mol. The van der Waals surface area contributed by atoms with Gasteiger partial charge >= 0.3 is 12.2 Å². The third-order valence-corrected chi connectivity index (χ3v) is 9.32. The molecule has 42 heavy (non-hydrogen) atoms. The van der Waals surface area contributed by atoms with Gasteiger partial charge in [-0.1, -0.05) is 6.07 Å². The minimum Gasteiger partial charge on any atom is -0.542 e. The first-order valence-electron chi connectivity index (χ1n) is 14.7. The number of amides is 3. The summed E-state index contributed by atoms with van der Waals surface area (Å²) in [4.78, 5) is 42.3. The van der Waals surface area contributed by atoms with Gasteiger partial charge in [0.1, 0.15) is 18.2 Å². The number of carboxylic acids is 1. The average molecular weight is 593 g/mol. The van der Waals surface area contributed by atoms with Crippen LogP contribution in [-0.4, -0.2) is 77.1 Å². The molecule has 3 heterocycles. The maximum absolute atomic E-state index is 13.6. The van der Waals surface area contributed by atoms with E-state index in [2.05, 4.69) is 16.7 Å². The van der Waals surface area contributed by atoms with Crippen LogP contribution in [0.25, 0.3) is 5.52 Å². The van der Waals surface area contributed by atoms with Crippen LogP contribution in [0.3, 0.4) is 0 Å². The van der Waals surface area contributed by atoms with Gasteiger partial charge in [-0.25, -0.2) is 9.78 Å². The minimum absolute atomic E-state index is 0.0143. The summed E-state index contributed by atoms with van der Waals surface area (Å²) in [6.07, 6.45) is 6.22. The Kier molecular flexibility index (Phi) is 8.41. The van der Waals surface area contributed by atoms with Crippen molar-refractivity contribution in [3.8, 4) is 0 Å². The van der Waals surface area contributed by atoms with Gasteiger partial charge in [-0.3, -0.25) is 9.20 Å². The Morgan fingerprint density at radius 3 is 2.17 bits per heavy atom. The second-order valence-corrected chi connectivity index (χ2v) is 12.8. The molecule has 0 aromatic carbocycles. The zero-order valence-corrected chi connectivity index (χ0v) is 24.0. The number of rotatable bonds is 5. The molecule has 0 radical (unpaired) electrons. The van der Waals surface area contributed by atoms with Crippen molar-refractivity contribution in [1.82, 2.24) is 24.9 Å². The molecule has 13 heteroatoms. The Bertz CT molecular complexity index is 1280. The summed E-state index contributed by atoms with van der Waals surface area (Å²) in [6.45, 7) is 2.77. The van der Waals surface area contributed by atoms with Crippen molar-refractivity contribution in [2.45, 2.75) is 75.7 Å². The Hall–Kier alpha value is -3.35. The lowest BCUT2D eigenvalue weighted by molar-refractivity contribution is -0.919. The fourth-order valence-electron chi connectivity index (χ4n) is 7.84. The lowest BCUT2D eigenvalue weighted by Crippen LogP contribution is -3.12. The smallest absolute Gasteiger partial charge is 0.430 e. The first kappa shape index (κ1) is 30.1. The zero-order valence-electron chi connectivity index (χ0n) is 24.0. The van der Waals surface area contributed by atoms with E-state index in [1.807, 2.05) is 22.7 Å². The van der Waals surface area contributed by atoms with Crippen molar-refractivity contribution in [1.29, 1.82) is 0 Å². The molecule has 5 aliphatic rings. The number of carbonyl (C=O) groups is 3. The number of aromatic nitrogens is 2. The molecule has 0 unspecified atom stereocenters. The Morgan fingerprint density at radius 2 is 1.64 bits per heavy atom.